The molecule has 0 spiro atoms. The Kier molecular flexibility index (Phi) is 3.91. The van der Waals surface area contributed by atoms with Gasteiger partial charge in [0.1, 0.15) is 11.2 Å². The number of hydrazone groups is 1. The summed E-state index contributed by atoms with van der Waals surface area (Å²) in [4.78, 5) is 11.8. The number of carbonyl (C=O) groups excluding carboxylic acids is 1. The zero-order valence-electron chi connectivity index (χ0n) is 12.1. The van der Waals surface area contributed by atoms with Gasteiger partial charge in [-0.3, -0.25) is 10.2 Å². The highest BCUT2D eigenvalue weighted by atomic mass is 16.1. The Bertz CT molecular complexity index is 823. The molecule has 22 heavy (non-hydrogen) atoms. The third kappa shape index (κ3) is 3.01. The zero-order valence-corrected chi connectivity index (χ0v) is 12.1. The second-order valence-corrected chi connectivity index (χ2v) is 4.83. The minimum atomic E-state index is -0.108. The van der Waals surface area contributed by atoms with Crippen LogP contribution in [0.1, 0.15) is 6.92 Å². The van der Waals surface area contributed by atoms with Crippen molar-refractivity contribution in [3.05, 3.63) is 54.6 Å². The summed E-state index contributed by atoms with van der Waals surface area (Å²) in [7, 11) is 0. The van der Waals surface area contributed by atoms with Gasteiger partial charge in [0.25, 0.3) is 0 Å². The largest absolute Gasteiger partial charge is 0.293 e. The molecule has 3 aromatic rings. The number of fused-ring (bicyclic) bond motifs is 1. The summed E-state index contributed by atoms with van der Waals surface area (Å²) < 4.78 is 1.67. The first-order valence-electron chi connectivity index (χ1n) is 6.91. The molecular weight excluding hydrogens is 278 g/mol. The SMILES string of the molecule is CC(=O)C(Cn1nnc2ccccc21)=NNc1ccccc1. The molecular formula is C16H15N5O. The fraction of sp³-hybridized carbons (Fsp3) is 0.125. The second kappa shape index (κ2) is 6.17. The quantitative estimate of drug-likeness (QED) is 0.579. The van der Waals surface area contributed by atoms with Crippen molar-refractivity contribution < 1.29 is 4.79 Å². The van der Waals surface area contributed by atoms with Gasteiger partial charge in [-0.15, -0.1) is 5.10 Å². The molecule has 6 heteroatoms. The maximum absolute atomic E-state index is 11.8. The van der Waals surface area contributed by atoms with Crippen LogP contribution >= 0.6 is 0 Å². The van der Waals surface area contributed by atoms with Gasteiger partial charge in [0.15, 0.2) is 5.78 Å². The molecule has 0 bridgehead atoms. The van der Waals surface area contributed by atoms with Gasteiger partial charge >= 0.3 is 0 Å². The number of carbonyl (C=O) groups is 1. The second-order valence-electron chi connectivity index (χ2n) is 4.83. The maximum Gasteiger partial charge on any atom is 0.177 e. The minimum absolute atomic E-state index is 0.108. The van der Waals surface area contributed by atoms with Crippen LogP contribution in [-0.4, -0.2) is 26.5 Å². The number of aromatic nitrogens is 3. The third-order valence-corrected chi connectivity index (χ3v) is 3.22. The molecule has 0 aliphatic carbocycles. The van der Waals surface area contributed by atoms with E-state index < -0.39 is 0 Å². The zero-order chi connectivity index (χ0) is 15.4. The number of para-hydroxylation sites is 2. The van der Waals surface area contributed by atoms with E-state index in [0.29, 0.717) is 5.71 Å². The molecule has 1 aromatic heterocycles. The lowest BCUT2D eigenvalue weighted by Crippen LogP contribution is -2.20. The highest BCUT2D eigenvalue weighted by Gasteiger charge is 2.11. The molecule has 0 aliphatic rings. The van der Waals surface area contributed by atoms with Gasteiger partial charge in [0.05, 0.1) is 17.7 Å². The number of ketones is 1. The Hall–Kier alpha value is -3.02. The first kappa shape index (κ1) is 13.9. The summed E-state index contributed by atoms with van der Waals surface area (Å²) in [5.41, 5.74) is 5.77. The van der Waals surface area contributed by atoms with E-state index in [0.717, 1.165) is 16.7 Å². The van der Waals surface area contributed by atoms with Crippen molar-refractivity contribution in [1.82, 2.24) is 15.0 Å². The lowest BCUT2D eigenvalue weighted by molar-refractivity contribution is -0.111. The van der Waals surface area contributed by atoms with Gasteiger partial charge in [0.2, 0.25) is 0 Å². The molecule has 3 rings (SSSR count). The minimum Gasteiger partial charge on any atom is -0.293 e. The van der Waals surface area contributed by atoms with E-state index in [1.165, 1.54) is 6.92 Å². The number of rotatable bonds is 5. The van der Waals surface area contributed by atoms with Gasteiger partial charge in [-0.1, -0.05) is 35.5 Å². The van der Waals surface area contributed by atoms with Gasteiger partial charge in [0, 0.05) is 6.92 Å². The number of nitrogens with one attached hydrogen (secondary N) is 1. The molecule has 0 saturated heterocycles. The first-order valence-corrected chi connectivity index (χ1v) is 6.91. The van der Waals surface area contributed by atoms with Crippen LogP contribution in [-0.2, 0) is 11.3 Å². The number of hydrogen-bond acceptors (Lipinski definition) is 5. The molecule has 1 heterocycles. The number of hydrogen-bond donors (Lipinski definition) is 1. The molecule has 0 amide bonds. The van der Waals surface area contributed by atoms with Gasteiger partial charge in [-0.25, -0.2) is 4.68 Å². The number of anilines is 1. The van der Waals surface area contributed by atoms with Gasteiger partial charge < -0.3 is 0 Å². The molecule has 0 unspecified atom stereocenters. The standard InChI is InChI=1S/C16H15N5O/c1-12(22)15(18-17-13-7-3-2-4-8-13)11-21-16-10-6-5-9-14(16)19-20-21/h2-10,17H,11H2,1H3. The van der Waals surface area contributed by atoms with Crippen molar-refractivity contribution in [1.29, 1.82) is 0 Å². The van der Waals surface area contributed by atoms with Gasteiger partial charge in [-0.05, 0) is 24.3 Å². The predicted octanol–water partition coefficient (Wildman–Crippen LogP) is 2.49. The highest BCUT2D eigenvalue weighted by molar-refractivity contribution is 6.39. The predicted molar refractivity (Wildman–Crippen MR) is 85.7 cm³/mol. The topological polar surface area (TPSA) is 72.2 Å². The van der Waals surface area contributed by atoms with Crippen LogP contribution in [0, 0.1) is 0 Å². The van der Waals surface area contributed by atoms with E-state index >= 15 is 0 Å². The van der Waals surface area contributed by atoms with E-state index in [9.17, 15) is 4.79 Å². The lowest BCUT2D eigenvalue weighted by Gasteiger charge is -2.05. The summed E-state index contributed by atoms with van der Waals surface area (Å²) in [5, 5.41) is 12.4. The number of Topliss-reactive ketones (excluding diaryl/α,β-unsaturated/α-hetero) is 1. The van der Waals surface area contributed by atoms with Crippen molar-refractivity contribution in [3.8, 4) is 0 Å². The molecule has 0 radical (unpaired) electrons. The molecule has 0 aliphatic heterocycles. The summed E-state index contributed by atoms with van der Waals surface area (Å²) in [6, 6.07) is 17.1. The Morgan fingerprint density at radius 1 is 1.14 bits per heavy atom. The maximum atomic E-state index is 11.8. The lowest BCUT2D eigenvalue weighted by atomic mass is 10.2. The van der Waals surface area contributed by atoms with Crippen molar-refractivity contribution in [2.24, 2.45) is 5.10 Å². The smallest absolute Gasteiger partial charge is 0.177 e. The average Bonchev–Trinajstić information content (AvgIpc) is 2.95. The Morgan fingerprint density at radius 3 is 2.64 bits per heavy atom. The highest BCUT2D eigenvalue weighted by Crippen LogP contribution is 2.10. The summed E-state index contributed by atoms with van der Waals surface area (Å²) in [6.07, 6.45) is 0. The van der Waals surface area contributed by atoms with E-state index in [1.54, 1.807) is 4.68 Å². The molecule has 0 fully saturated rings. The first-order chi connectivity index (χ1) is 10.7. The molecule has 110 valence electrons. The van der Waals surface area contributed by atoms with E-state index in [2.05, 4.69) is 20.8 Å². The van der Waals surface area contributed by atoms with Crippen LogP contribution in [0.25, 0.3) is 11.0 Å². The van der Waals surface area contributed by atoms with Crippen molar-refractivity contribution in [3.63, 3.8) is 0 Å². The van der Waals surface area contributed by atoms with Crippen LogP contribution in [0.3, 0.4) is 0 Å². The average molecular weight is 293 g/mol. The fourth-order valence-electron chi connectivity index (χ4n) is 2.05. The van der Waals surface area contributed by atoms with Crippen molar-refractivity contribution in [2.45, 2.75) is 13.5 Å². The fourth-order valence-corrected chi connectivity index (χ4v) is 2.05. The molecule has 6 nitrogen and oxygen atoms in total. The van der Waals surface area contributed by atoms with Crippen molar-refractivity contribution in [2.75, 3.05) is 5.43 Å². The van der Waals surface area contributed by atoms with Crippen LogP contribution in [0.4, 0.5) is 5.69 Å². The molecule has 2 aromatic carbocycles. The van der Waals surface area contributed by atoms with Crippen LogP contribution in [0.15, 0.2) is 59.7 Å². The molecule has 0 atom stereocenters. The normalized spacial score (nSPS) is 11.6. The monoisotopic (exact) mass is 293 g/mol. The van der Waals surface area contributed by atoms with Crippen LogP contribution < -0.4 is 5.43 Å². The molecule has 1 N–H and O–H groups in total. The third-order valence-electron chi connectivity index (χ3n) is 3.22. The molecule has 0 saturated carbocycles. The van der Waals surface area contributed by atoms with E-state index in [4.69, 9.17) is 0 Å². The summed E-state index contributed by atoms with van der Waals surface area (Å²) >= 11 is 0. The van der Waals surface area contributed by atoms with Gasteiger partial charge in [-0.2, -0.15) is 5.10 Å². The number of nitrogens with zero attached hydrogens (tertiary/aromatic N) is 4. The number of benzene rings is 2. The Balaban J connectivity index is 1.84. The van der Waals surface area contributed by atoms with Crippen molar-refractivity contribution >= 4 is 28.2 Å². The Labute approximate surface area is 127 Å². The Morgan fingerprint density at radius 2 is 1.86 bits per heavy atom. The van der Waals surface area contributed by atoms with Crippen LogP contribution in [0.5, 0.6) is 0 Å². The summed E-state index contributed by atoms with van der Waals surface area (Å²) in [5.74, 6) is -0.108. The summed E-state index contributed by atoms with van der Waals surface area (Å²) in [6.45, 7) is 1.76. The van der Waals surface area contributed by atoms with E-state index in [-0.39, 0.29) is 12.3 Å². The van der Waals surface area contributed by atoms with E-state index in [1.807, 2.05) is 54.6 Å². The van der Waals surface area contributed by atoms with Crippen LogP contribution in [0.2, 0.25) is 0 Å².